The monoisotopic (exact) mass is 307 g/mol. The van der Waals surface area contributed by atoms with Crippen molar-refractivity contribution in [2.45, 2.75) is 0 Å². The molecular formula is C19H21N3O. The van der Waals surface area contributed by atoms with Gasteiger partial charge in [-0.3, -0.25) is 9.69 Å². The van der Waals surface area contributed by atoms with E-state index in [-0.39, 0.29) is 5.91 Å². The zero-order valence-electron chi connectivity index (χ0n) is 13.9. The van der Waals surface area contributed by atoms with Crippen LogP contribution in [-0.2, 0) is 4.79 Å². The van der Waals surface area contributed by atoms with Crippen LogP contribution in [-0.4, -0.2) is 39.0 Å². The number of hydrogen-bond acceptors (Lipinski definition) is 3. The summed E-state index contributed by atoms with van der Waals surface area (Å²) in [6, 6.07) is 15.9. The fourth-order valence-corrected chi connectivity index (χ4v) is 2.78. The number of carbonyl (C=O) groups excluding carboxylic acids is 1. The van der Waals surface area contributed by atoms with Crippen LogP contribution in [0.1, 0.15) is 5.56 Å². The van der Waals surface area contributed by atoms with Gasteiger partial charge in [0, 0.05) is 51.3 Å². The highest BCUT2D eigenvalue weighted by Gasteiger charge is 2.33. The molecule has 0 aromatic heterocycles. The van der Waals surface area contributed by atoms with Gasteiger partial charge in [0.2, 0.25) is 0 Å². The van der Waals surface area contributed by atoms with Crippen LogP contribution in [0, 0.1) is 0 Å². The number of nitrogens with zero attached hydrogens (tertiary/aromatic N) is 3. The maximum atomic E-state index is 12.9. The summed E-state index contributed by atoms with van der Waals surface area (Å²) >= 11 is 0. The summed E-state index contributed by atoms with van der Waals surface area (Å²) in [6.45, 7) is 0. The molecule has 1 aliphatic rings. The predicted octanol–water partition coefficient (Wildman–Crippen LogP) is 3.33. The summed E-state index contributed by atoms with van der Waals surface area (Å²) < 4.78 is 0. The Hall–Kier alpha value is -2.75. The minimum atomic E-state index is 0.0116. The number of para-hydroxylation sites is 1. The molecule has 3 rings (SSSR count). The summed E-state index contributed by atoms with van der Waals surface area (Å²) in [5.41, 5.74) is 4.63. The van der Waals surface area contributed by atoms with E-state index in [1.807, 2.05) is 92.7 Å². The topological polar surface area (TPSA) is 26.8 Å². The summed E-state index contributed by atoms with van der Waals surface area (Å²) in [6.07, 6.45) is 1.88. The van der Waals surface area contributed by atoms with Gasteiger partial charge in [0.1, 0.15) is 0 Å². The second kappa shape index (κ2) is 5.80. The molecule has 4 nitrogen and oxygen atoms in total. The Morgan fingerprint density at radius 2 is 1.57 bits per heavy atom. The van der Waals surface area contributed by atoms with Crippen LogP contribution < -0.4 is 9.80 Å². The Morgan fingerprint density at radius 1 is 0.913 bits per heavy atom. The van der Waals surface area contributed by atoms with E-state index < -0.39 is 0 Å². The highest BCUT2D eigenvalue weighted by Crippen LogP contribution is 2.41. The third-order valence-electron chi connectivity index (χ3n) is 3.88. The normalized spacial score (nSPS) is 15.0. The highest BCUT2D eigenvalue weighted by molar-refractivity contribution is 6.34. The Labute approximate surface area is 137 Å². The lowest BCUT2D eigenvalue weighted by atomic mass is 10.1. The van der Waals surface area contributed by atoms with Gasteiger partial charge in [0.15, 0.2) is 0 Å². The van der Waals surface area contributed by atoms with E-state index >= 15 is 0 Å². The number of carbonyl (C=O) groups is 1. The molecule has 0 saturated heterocycles. The third-order valence-corrected chi connectivity index (χ3v) is 3.88. The Balaban J connectivity index is 2.08. The Bertz CT molecular complexity index is 760. The molecule has 0 bridgehead atoms. The van der Waals surface area contributed by atoms with Crippen molar-refractivity contribution in [2.24, 2.45) is 0 Å². The lowest BCUT2D eigenvalue weighted by molar-refractivity contribution is -0.112. The van der Waals surface area contributed by atoms with E-state index in [0.717, 1.165) is 28.2 Å². The van der Waals surface area contributed by atoms with Gasteiger partial charge in [0.25, 0.3) is 5.91 Å². The van der Waals surface area contributed by atoms with E-state index in [1.54, 1.807) is 4.90 Å². The smallest absolute Gasteiger partial charge is 0.265 e. The largest absolute Gasteiger partial charge is 0.383 e. The van der Waals surface area contributed by atoms with Gasteiger partial charge in [0.05, 0.1) is 11.3 Å². The molecule has 0 N–H and O–H groups in total. The van der Waals surface area contributed by atoms with Crippen molar-refractivity contribution in [1.29, 1.82) is 0 Å². The van der Waals surface area contributed by atoms with E-state index in [9.17, 15) is 4.79 Å². The first-order valence-corrected chi connectivity index (χ1v) is 7.58. The average Bonchev–Trinajstić information content (AvgIpc) is 2.80. The van der Waals surface area contributed by atoms with Crippen LogP contribution in [0.3, 0.4) is 0 Å². The van der Waals surface area contributed by atoms with Crippen molar-refractivity contribution in [3.8, 4) is 0 Å². The molecule has 0 atom stereocenters. The maximum absolute atomic E-state index is 12.9. The minimum Gasteiger partial charge on any atom is -0.383 e. The van der Waals surface area contributed by atoms with E-state index in [0.29, 0.717) is 0 Å². The SMILES string of the molecule is CN(C)/C=C1\C(=O)N(c2ccc(N(C)C)cc2)c2ccccc21. The molecule has 0 spiro atoms. The number of hydrogen-bond donors (Lipinski definition) is 0. The van der Waals surface area contributed by atoms with Crippen molar-refractivity contribution in [3.63, 3.8) is 0 Å². The first-order chi connectivity index (χ1) is 11.0. The van der Waals surface area contributed by atoms with Gasteiger partial charge in [-0.05, 0) is 30.3 Å². The van der Waals surface area contributed by atoms with Gasteiger partial charge >= 0.3 is 0 Å². The second-order valence-electron chi connectivity index (χ2n) is 6.07. The number of benzene rings is 2. The molecule has 0 saturated carbocycles. The van der Waals surface area contributed by atoms with Gasteiger partial charge in [-0.2, -0.15) is 0 Å². The molecule has 0 unspecified atom stereocenters. The molecule has 0 fully saturated rings. The van der Waals surface area contributed by atoms with Crippen molar-refractivity contribution in [1.82, 2.24) is 4.90 Å². The molecule has 1 amide bonds. The molecule has 0 aliphatic carbocycles. The fraction of sp³-hybridized carbons (Fsp3) is 0.211. The first-order valence-electron chi connectivity index (χ1n) is 7.58. The molecule has 4 heteroatoms. The first kappa shape index (κ1) is 15.2. The maximum Gasteiger partial charge on any atom is 0.265 e. The fourth-order valence-electron chi connectivity index (χ4n) is 2.78. The van der Waals surface area contributed by atoms with E-state index in [2.05, 4.69) is 0 Å². The number of rotatable bonds is 3. The van der Waals surface area contributed by atoms with Crippen molar-refractivity contribution >= 4 is 28.5 Å². The van der Waals surface area contributed by atoms with Crippen LogP contribution in [0.15, 0.2) is 54.7 Å². The molecule has 2 aromatic rings. The average molecular weight is 307 g/mol. The van der Waals surface area contributed by atoms with E-state index in [1.165, 1.54) is 0 Å². The van der Waals surface area contributed by atoms with Crippen molar-refractivity contribution < 1.29 is 4.79 Å². The quantitative estimate of drug-likeness (QED) is 0.814. The number of fused-ring (bicyclic) bond motifs is 1. The highest BCUT2D eigenvalue weighted by atomic mass is 16.2. The molecule has 0 radical (unpaired) electrons. The predicted molar refractivity (Wildman–Crippen MR) is 96.0 cm³/mol. The molecule has 2 aromatic carbocycles. The molecule has 23 heavy (non-hydrogen) atoms. The summed E-state index contributed by atoms with van der Waals surface area (Å²) in [5.74, 6) is 0.0116. The lowest BCUT2D eigenvalue weighted by Crippen LogP contribution is -2.21. The molecule has 1 aliphatic heterocycles. The van der Waals surface area contributed by atoms with Gasteiger partial charge < -0.3 is 9.80 Å². The lowest BCUT2D eigenvalue weighted by Gasteiger charge is -2.19. The van der Waals surface area contributed by atoms with Crippen LogP contribution in [0.2, 0.25) is 0 Å². The number of anilines is 3. The second-order valence-corrected chi connectivity index (χ2v) is 6.07. The zero-order valence-corrected chi connectivity index (χ0v) is 13.9. The summed E-state index contributed by atoms with van der Waals surface area (Å²) in [4.78, 5) is 18.7. The third kappa shape index (κ3) is 2.68. The van der Waals surface area contributed by atoms with Crippen molar-refractivity contribution in [2.75, 3.05) is 38.0 Å². The summed E-state index contributed by atoms with van der Waals surface area (Å²) in [5, 5.41) is 0. The zero-order chi connectivity index (χ0) is 16.6. The van der Waals surface area contributed by atoms with Crippen LogP contribution in [0.25, 0.3) is 5.57 Å². The van der Waals surface area contributed by atoms with Crippen LogP contribution >= 0.6 is 0 Å². The van der Waals surface area contributed by atoms with Gasteiger partial charge in [-0.15, -0.1) is 0 Å². The minimum absolute atomic E-state index is 0.0116. The molecule has 1 heterocycles. The Morgan fingerprint density at radius 3 is 2.17 bits per heavy atom. The molecular weight excluding hydrogens is 286 g/mol. The van der Waals surface area contributed by atoms with Crippen molar-refractivity contribution in [3.05, 3.63) is 60.3 Å². The Kier molecular flexibility index (Phi) is 3.82. The van der Waals surface area contributed by atoms with Crippen LogP contribution in [0.5, 0.6) is 0 Å². The summed E-state index contributed by atoms with van der Waals surface area (Å²) in [7, 11) is 7.86. The molecule has 118 valence electrons. The van der Waals surface area contributed by atoms with E-state index in [4.69, 9.17) is 0 Å². The van der Waals surface area contributed by atoms with Crippen LogP contribution in [0.4, 0.5) is 17.1 Å². The van der Waals surface area contributed by atoms with Gasteiger partial charge in [-0.25, -0.2) is 0 Å². The van der Waals surface area contributed by atoms with Gasteiger partial charge in [-0.1, -0.05) is 18.2 Å². The standard InChI is InChI=1S/C19H21N3O/c1-20(2)13-17-16-7-5-6-8-18(16)22(19(17)23)15-11-9-14(10-12-15)21(3)4/h5-13H,1-4H3/b17-13-. The number of amides is 1.